The van der Waals surface area contributed by atoms with Gasteiger partial charge in [-0.15, -0.1) is 0 Å². The summed E-state index contributed by atoms with van der Waals surface area (Å²) in [5.41, 5.74) is 1.55. The highest BCUT2D eigenvalue weighted by atomic mass is 19.1. The largest absolute Gasteiger partial charge is 0.250 e. The van der Waals surface area contributed by atoms with Crippen molar-refractivity contribution in [2.24, 2.45) is 0 Å². The van der Waals surface area contributed by atoms with E-state index in [2.05, 4.69) is 9.97 Å². The molecule has 0 fully saturated rings. The molecule has 2 aromatic heterocycles. The molecule has 0 saturated heterocycles. The van der Waals surface area contributed by atoms with Crippen molar-refractivity contribution < 1.29 is 17.6 Å². The first kappa shape index (κ1) is 20.7. The second kappa shape index (κ2) is 7.95. The van der Waals surface area contributed by atoms with Crippen molar-refractivity contribution in [2.75, 3.05) is 0 Å². The molecule has 4 aromatic rings. The summed E-state index contributed by atoms with van der Waals surface area (Å²) in [4.78, 5) is 9.13. The molecule has 0 unspecified atom stereocenters. The number of aromatic nitrogens is 2. The lowest BCUT2D eigenvalue weighted by Gasteiger charge is -2.25. The molecule has 0 spiro atoms. The number of halogens is 4. The maximum Gasteiger partial charge on any atom is 0.135 e. The first-order valence-electron chi connectivity index (χ1n) is 9.61. The summed E-state index contributed by atoms with van der Waals surface area (Å²) in [5.74, 6) is -2.67. The maximum absolute atomic E-state index is 14.4. The second-order valence-electron chi connectivity index (χ2n) is 7.69. The average molecular weight is 422 g/mol. The molecule has 4 rings (SSSR count). The third-order valence-electron chi connectivity index (χ3n) is 5.21. The minimum atomic E-state index is -0.839. The van der Waals surface area contributed by atoms with E-state index in [1.807, 2.05) is 0 Å². The van der Waals surface area contributed by atoms with Crippen LogP contribution in [0.15, 0.2) is 72.8 Å². The fourth-order valence-corrected chi connectivity index (χ4v) is 3.48. The molecule has 0 atom stereocenters. The summed E-state index contributed by atoms with van der Waals surface area (Å²) < 4.78 is 55.2. The lowest BCUT2D eigenvalue weighted by molar-refractivity contribution is 0.524. The van der Waals surface area contributed by atoms with Gasteiger partial charge in [-0.05, 0) is 48.0 Å². The standard InChI is InChI=1S/C25H18F4N2/c1-25(2,18-12-10-16(27)14-20(18)29)24-8-4-7-23(31-24)22-6-3-5-21(30-22)17-11-9-15(26)13-19(17)28/h3-14H,1-2H3. The molecule has 0 saturated carbocycles. The normalized spacial score (nSPS) is 11.5. The van der Waals surface area contributed by atoms with Crippen molar-refractivity contribution in [1.29, 1.82) is 0 Å². The minimum Gasteiger partial charge on any atom is -0.250 e. The molecule has 156 valence electrons. The molecule has 2 nitrogen and oxygen atoms in total. The highest BCUT2D eigenvalue weighted by Gasteiger charge is 2.28. The van der Waals surface area contributed by atoms with Crippen molar-refractivity contribution in [2.45, 2.75) is 19.3 Å². The van der Waals surface area contributed by atoms with Crippen molar-refractivity contribution in [3.05, 3.63) is 107 Å². The van der Waals surface area contributed by atoms with Crippen LogP contribution in [0.4, 0.5) is 17.6 Å². The summed E-state index contributed by atoms with van der Waals surface area (Å²) in [6, 6.07) is 17.1. The van der Waals surface area contributed by atoms with Gasteiger partial charge < -0.3 is 0 Å². The zero-order valence-corrected chi connectivity index (χ0v) is 16.8. The SMILES string of the molecule is CC(C)(c1cccc(-c2cccc(-c3ccc(F)cc3F)n2)n1)c1ccc(F)cc1F. The van der Waals surface area contributed by atoms with Gasteiger partial charge in [0.2, 0.25) is 0 Å². The Hall–Kier alpha value is -3.54. The topological polar surface area (TPSA) is 25.8 Å². The Morgan fingerprint density at radius 1 is 0.613 bits per heavy atom. The third kappa shape index (κ3) is 4.06. The summed E-state index contributed by atoms with van der Waals surface area (Å²) in [5, 5.41) is 0. The van der Waals surface area contributed by atoms with E-state index >= 15 is 0 Å². The molecule has 0 aliphatic carbocycles. The van der Waals surface area contributed by atoms with E-state index in [-0.39, 0.29) is 5.56 Å². The van der Waals surface area contributed by atoms with E-state index in [1.54, 1.807) is 50.2 Å². The highest BCUT2D eigenvalue weighted by molar-refractivity contribution is 5.65. The van der Waals surface area contributed by atoms with Crippen LogP contribution in [-0.4, -0.2) is 9.97 Å². The van der Waals surface area contributed by atoms with Gasteiger partial charge in [0.15, 0.2) is 0 Å². The van der Waals surface area contributed by atoms with Crippen LogP contribution in [0, 0.1) is 23.3 Å². The Morgan fingerprint density at radius 3 is 1.87 bits per heavy atom. The van der Waals surface area contributed by atoms with Crippen molar-refractivity contribution in [1.82, 2.24) is 9.97 Å². The maximum atomic E-state index is 14.4. The smallest absolute Gasteiger partial charge is 0.135 e. The first-order valence-corrected chi connectivity index (χ1v) is 9.61. The van der Waals surface area contributed by atoms with E-state index < -0.39 is 28.7 Å². The number of rotatable bonds is 4. The number of pyridine rings is 2. The number of hydrogen-bond donors (Lipinski definition) is 0. The Labute approximate surface area is 177 Å². The van der Waals surface area contributed by atoms with Gasteiger partial charge in [-0.3, -0.25) is 4.98 Å². The quantitative estimate of drug-likeness (QED) is 0.342. The second-order valence-corrected chi connectivity index (χ2v) is 7.69. The molecule has 0 bridgehead atoms. The van der Waals surface area contributed by atoms with Crippen molar-refractivity contribution >= 4 is 0 Å². The van der Waals surface area contributed by atoms with Crippen LogP contribution in [0.3, 0.4) is 0 Å². The molecule has 0 radical (unpaired) electrons. The molecule has 0 aliphatic heterocycles. The van der Waals surface area contributed by atoms with Crippen molar-refractivity contribution in [3.8, 4) is 22.6 Å². The van der Waals surface area contributed by atoms with Gasteiger partial charge in [0, 0.05) is 23.1 Å². The fourth-order valence-electron chi connectivity index (χ4n) is 3.48. The van der Waals surface area contributed by atoms with Crippen molar-refractivity contribution in [3.63, 3.8) is 0 Å². The van der Waals surface area contributed by atoms with Gasteiger partial charge >= 0.3 is 0 Å². The zero-order valence-electron chi connectivity index (χ0n) is 16.8. The fraction of sp³-hybridized carbons (Fsp3) is 0.120. The first-order chi connectivity index (χ1) is 14.8. The van der Waals surface area contributed by atoms with Gasteiger partial charge in [0.05, 0.1) is 22.8 Å². The summed E-state index contributed by atoms with van der Waals surface area (Å²) in [6.07, 6.45) is 0. The number of benzene rings is 2. The molecule has 0 N–H and O–H groups in total. The Bertz CT molecular complexity index is 1270. The predicted octanol–water partition coefficient (Wildman–Crippen LogP) is 6.69. The highest BCUT2D eigenvalue weighted by Crippen LogP contribution is 2.33. The minimum absolute atomic E-state index is 0.174. The van der Waals surface area contributed by atoms with Gasteiger partial charge in [-0.2, -0.15) is 0 Å². The molecule has 0 aliphatic rings. The molecule has 2 heterocycles. The Balaban J connectivity index is 1.75. The molecule has 6 heteroatoms. The Morgan fingerprint density at radius 2 is 1.19 bits per heavy atom. The number of hydrogen-bond acceptors (Lipinski definition) is 2. The predicted molar refractivity (Wildman–Crippen MR) is 111 cm³/mol. The third-order valence-corrected chi connectivity index (χ3v) is 5.21. The van der Waals surface area contributed by atoms with Gasteiger partial charge in [0.1, 0.15) is 23.3 Å². The summed E-state index contributed by atoms with van der Waals surface area (Å²) >= 11 is 0. The lowest BCUT2D eigenvalue weighted by atomic mass is 9.80. The van der Waals surface area contributed by atoms with E-state index in [1.165, 1.54) is 24.3 Å². The number of nitrogens with zero attached hydrogens (tertiary/aromatic N) is 2. The van der Waals surface area contributed by atoms with E-state index in [9.17, 15) is 17.6 Å². The Kier molecular flexibility index (Phi) is 5.31. The van der Waals surface area contributed by atoms with Crippen LogP contribution < -0.4 is 0 Å². The van der Waals surface area contributed by atoms with E-state index in [4.69, 9.17) is 0 Å². The van der Waals surface area contributed by atoms with E-state index in [0.717, 1.165) is 12.1 Å². The van der Waals surface area contributed by atoms with E-state index in [0.29, 0.717) is 28.3 Å². The monoisotopic (exact) mass is 422 g/mol. The van der Waals surface area contributed by atoms with Crippen LogP contribution in [0.5, 0.6) is 0 Å². The summed E-state index contributed by atoms with van der Waals surface area (Å²) in [7, 11) is 0. The average Bonchev–Trinajstić information content (AvgIpc) is 2.74. The lowest BCUT2D eigenvalue weighted by Crippen LogP contribution is -2.22. The van der Waals surface area contributed by atoms with Crippen LogP contribution in [0.1, 0.15) is 25.1 Å². The zero-order chi connectivity index (χ0) is 22.2. The van der Waals surface area contributed by atoms with Gasteiger partial charge in [0.25, 0.3) is 0 Å². The molecular formula is C25H18F4N2. The van der Waals surface area contributed by atoms with Crippen LogP contribution in [0.2, 0.25) is 0 Å². The molecular weight excluding hydrogens is 404 g/mol. The molecule has 0 amide bonds. The van der Waals surface area contributed by atoms with Crippen LogP contribution >= 0.6 is 0 Å². The molecule has 31 heavy (non-hydrogen) atoms. The van der Waals surface area contributed by atoms with Gasteiger partial charge in [-0.1, -0.05) is 32.0 Å². The summed E-state index contributed by atoms with van der Waals surface area (Å²) in [6.45, 7) is 3.60. The van der Waals surface area contributed by atoms with Gasteiger partial charge in [-0.25, -0.2) is 22.5 Å². The van der Waals surface area contributed by atoms with Crippen LogP contribution in [0.25, 0.3) is 22.6 Å². The molecule has 2 aromatic carbocycles. The van der Waals surface area contributed by atoms with Crippen LogP contribution in [-0.2, 0) is 5.41 Å².